The highest BCUT2D eigenvalue weighted by molar-refractivity contribution is 7.90. The topological polar surface area (TPSA) is 122 Å². The predicted molar refractivity (Wildman–Crippen MR) is 91.8 cm³/mol. The lowest BCUT2D eigenvalue weighted by Crippen LogP contribution is -2.03. The van der Waals surface area contributed by atoms with Crippen molar-refractivity contribution >= 4 is 15.8 Å². The third-order valence-electron chi connectivity index (χ3n) is 4.06. The average Bonchev–Trinajstić information content (AvgIpc) is 3.24. The normalized spacial score (nSPS) is 14.7. The number of carbonyl (C=O) groups is 1. The Morgan fingerprint density at radius 1 is 1.35 bits per heavy atom. The SMILES string of the molecule is CS(=O)(=O)c1cc(Oc2[nH]nnc2C(=O)O)ccc1C#CC1CCCC1. The van der Waals surface area contributed by atoms with Gasteiger partial charge < -0.3 is 9.84 Å². The first-order valence-electron chi connectivity index (χ1n) is 8.02. The Morgan fingerprint density at radius 2 is 2.08 bits per heavy atom. The maximum Gasteiger partial charge on any atom is 0.362 e. The number of aromatic nitrogens is 3. The van der Waals surface area contributed by atoms with Crippen LogP contribution < -0.4 is 4.74 Å². The summed E-state index contributed by atoms with van der Waals surface area (Å²) in [4.78, 5) is 11.1. The first-order valence-corrected chi connectivity index (χ1v) is 9.91. The van der Waals surface area contributed by atoms with Gasteiger partial charge in [-0.1, -0.05) is 29.9 Å². The van der Waals surface area contributed by atoms with E-state index in [4.69, 9.17) is 9.84 Å². The molecule has 9 heteroatoms. The van der Waals surface area contributed by atoms with Crippen LogP contribution in [0.2, 0.25) is 0 Å². The zero-order chi connectivity index (χ0) is 18.7. The number of sulfone groups is 1. The number of aromatic carboxylic acids is 1. The summed E-state index contributed by atoms with van der Waals surface area (Å²) in [7, 11) is -3.55. The van der Waals surface area contributed by atoms with Crippen molar-refractivity contribution in [3.63, 3.8) is 0 Å². The number of benzene rings is 1. The molecule has 0 unspecified atom stereocenters. The van der Waals surface area contributed by atoms with Gasteiger partial charge in [-0.2, -0.15) is 0 Å². The minimum Gasteiger partial charge on any atom is -0.476 e. The Hall–Kier alpha value is -2.86. The fraction of sp³-hybridized carbons (Fsp3) is 0.353. The van der Waals surface area contributed by atoms with Gasteiger partial charge in [0.25, 0.3) is 5.88 Å². The van der Waals surface area contributed by atoms with Gasteiger partial charge in [0.15, 0.2) is 9.84 Å². The molecule has 3 rings (SSSR count). The number of hydrogen-bond acceptors (Lipinski definition) is 6. The smallest absolute Gasteiger partial charge is 0.362 e. The van der Waals surface area contributed by atoms with Gasteiger partial charge >= 0.3 is 5.97 Å². The van der Waals surface area contributed by atoms with Crippen LogP contribution in [0.15, 0.2) is 23.1 Å². The van der Waals surface area contributed by atoms with Gasteiger partial charge in [-0.05, 0) is 25.0 Å². The highest BCUT2D eigenvalue weighted by Crippen LogP contribution is 2.28. The quantitative estimate of drug-likeness (QED) is 0.786. The van der Waals surface area contributed by atoms with Crippen LogP contribution in [-0.2, 0) is 9.84 Å². The zero-order valence-corrected chi connectivity index (χ0v) is 14.8. The van der Waals surface area contributed by atoms with Crippen molar-refractivity contribution in [2.24, 2.45) is 5.92 Å². The zero-order valence-electron chi connectivity index (χ0n) is 14.0. The van der Waals surface area contributed by atoms with Crippen molar-refractivity contribution < 1.29 is 23.1 Å². The molecule has 1 aromatic heterocycles. The summed E-state index contributed by atoms with van der Waals surface area (Å²) in [5.41, 5.74) is 0.00366. The molecule has 0 aliphatic heterocycles. The molecule has 0 radical (unpaired) electrons. The Bertz CT molecular complexity index is 995. The van der Waals surface area contributed by atoms with Crippen molar-refractivity contribution in [2.75, 3.05) is 6.26 Å². The number of nitrogens with one attached hydrogen (secondary N) is 1. The van der Waals surface area contributed by atoms with Gasteiger partial charge in [-0.3, -0.25) is 0 Å². The summed E-state index contributed by atoms with van der Waals surface area (Å²) < 4.78 is 29.7. The fourth-order valence-electron chi connectivity index (χ4n) is 2.77. The first-order chi connectivity index (χ1) is 12.3. The van der Waals surface area contributed by atoms with Crippen molar-refractivity contribution in [1.29, 1.82) is 0 Å². The average molecular weight is 375 g/mol. The first kappa shape index (κ1) is 17.9. The molecular formula is C17H17N3O5S. The Kier molecular flexibility index (Phi) is 4.95. The van der Waals surface area contributed by atoms with Gasteiger partial charge in [0.1, 0.15) is 5.75 Å². The van der Waals surface area contributed by atoms with Crippen LogP contribution in [-0.4, -0.2) is 41.2 Å². The summed E-state index contributed by atoms with van der Waals surface area (Å²) in [5, 5.41) is 18.1. The van der Waals surface area contributed by atoms with E-state index in [0.29, 0.717) is 11.5 Å². The molecule has 8 nitrogen and oxygen atoms in total. The van der Waals surface area contributed by atoms with Crippen molar-refractivity contribution in [3.8, 4) is 23.5 Å². The van der Waals surface area contributed by atoms with Gasteiger partial charge in [0.2, 0.25) is 5.69 Å². The van der Waals surface area contributed by atoms with Crippen LogP contribution in [0.25, 0.3) is 0 Å². The largest absolute Gasteiger partial charge is 0.476 e. The Morgan fingerprint density at radius 3 is 2.73 bits per heavy atom. The van der Waals surface area contributed by atoms with E-state index < -0.39 is 21.5 Å². The number of H-pyrrole nitrogens is 1. The van der Waals surface area contributed by atoms with Crippen molar-refractivity contribution in [1.82, 2.24) is 15.4 Å². The number of ether oxygens (including phenoxy) is 1. The second-order valence-corrected chi connectivity index (χ2v) is 8.06. The molecule has 1 saturated carbocycles. The summed E-state index contributed by atoms with van der Waals surface area (Å²) in [6.07, 6.45) is 5.46. The second-order valence-electron chi connectivity index (χ2n) is 6.08. The third kappa shape index (κ3) is 4.03. The number of rotatable bonds is 4. The van der Waals surface area contributed by atoms with Crippen LogP contribution in [0.1, 0.15) is 41.7 Å². The second kappa shape index (κ2) is 7.17. The molecule has 2 N–H and O–H groups in total. The number of aromatic amines is 1. The van der Waals surface area contributed by atoms with Gasteiger partial charge in [-0.15, -0.1) is 5.10 Å². The maximum atomic E-state index is 12.1. The molecule has 1 aliphatic carbocycles. The third-order valence-corrected chi connectivity index (χ3v) is 5.19. The molecule has 1 aromatic carbocycles. The van der Waals surface area contributed by atoms with Crippen LogP contribution in [0.4, 0.5) is 0 Å². The molecule has 26 heavy (non-hydrogen) atoms. The van der Waals surface area contributed by atoms with Crippen LogP contribution in [0, 0.1) is 17.8 Å². The van der Waals surface area contributed by atoms with Crippen molar-refractivity contribution in [3.05, 3.63) is 29.5 Å². The van der Waals surface area contributed by atoms with Crippen LogP contribution >= 0.6 is 0 Å². The van der Waals surface area contributed by atoms with Crippen LogP contribution in [0.3, 0.4) is 0 Å². The fourth-order valence-corrected chi connectivity index (χ4v) is 3.62. The molecule has 136 valence electrons. The summed E-state index contributed by atoms with van der Waals surface area (Å²) in [6, 6.07) is 4.40. The van der Waals surface area contributed by atoms with Gasteiger partial charge in [0.05, 0.1) is 4.90 Å². The highest BCUT2D eigenvalue weighted by atomic mass is 32.2. The predicted octanol–water partition coefficient (Wildman–Crippen LogP) is 2.24. The monoisotopic (exact) mass is 375 g/mol. The highest BCUT2D eigenvalue weighted by Gasteiger charge is 2.19. The van der Waals surface area contributed by atoms with Crippen LogP contribution in [0.5, 0.6) is 11.6 Å². The van der Waals surface area contributed by atoms with E-state index in [-0.39, 0.29) is 16.5 Å². The minimum absolute atomic E-state index is 0.0323. The molecule has 1 fully saturated rings. The van der Waals surface area contributed by atoms with E-state index >= 15 is 0 Å². The number of hydrogen-bond donors (Lipinski definition) is 2. The molecule has 1 aliphatic rings. The Balaban J connectivity index is 1.94. The lowest BCUT2D eigenvalue weighted by atomic mass is 10.1. The molecule has 0 atom stereocenters. The Labute approximate surface area is 150 Å². The van der Waals surface area contributed by atoms with E-state index in [9.17, 15) is 13.2 Å². The van der Waals surface area contributed by atoms with Crippen molar-refractivity contribution in [2.45, 2.75) is 30.6 Å². The van der Waals surface area contributed by atoms with E-state index in [1.54, 1.807) is 6.07 Å². The molecule has 0 amide bonds. The van der Waals surface area contributed by atoms with Gasteiger partial charge in [-0.25, -0.2) is 18.3 Å². The molecule has 2 aromatic rings. The molecule has 0 saturated heterocycles. The molecule has 1 heterocycles. The van der Waals surface area contributed by atoms with Gasteiger partial charge in [0, 0.05) is 23.8 Å². The number of carboxylic acids is 1. The summed E-state index contributed by atoms with van der Waals surface area (Å²) in [5.74, 6) is 5.06. The standard InChI is InChI=1S/C17H17N3O5S/c1-26(23,24)14-10-13(25-16-15(17(21)22)18-20-19-16)9-8-12(14)7-6-11-4-2-3-5-11/h8-11H,2-5H2,1H3,(H,21,22)(H,18,19,20). The van der Waals surface area contributed by atoms with E-state index in [2.05, 4.69) is 27.3 Å². The number of nitrogens with zero attached hydrogens (tertiary/aromatic N) is 2. The summed E-state index contributed by atoms with van der Waals surface area (Å²) >= 11 is 0. The molecule has 0 bridgehead atoms. The van der Waals surface area contributed by atoms with E-state index in [1.807, 2.05) is 0 Å². The van der Waals surface area contributed by atoms with E-state index in [1.165, 1.54) is 12.1 Å². The minimum atomic E-state index is -3.55. The molecule has 0 spiro atoms. The maximum absolute atomic E-state index is 12.1. The molecular weight excluding hydrogens is 358 g/mol. The number of carboxylic acid groups (broad SMARTS) is 1. The van der Waals surface area contributed by atoms with E-state index in [0.717, 1.165) is 31.9 Å². The summed E-state index contributed by atoms with van der Waals surface area (Å²) in [6.45, 7) is 0. The lowest BCUT2D eigenvalue weighted by Gasteiger charge is -2.08. The lowest BCUT2D eigenvalue weighted by molar-refractivity contribution is 0.0687.